The quantitative estimate of drug-likeness (QED) is 0.159. The van der Waals surface area contributed by atoms with Gasteiger partial charge in [0.05, 0.1) is 0 Å². The largest absolute Gasteiger partial charge is 0.310 e. The van der Waals surface area contributed by atoms with Gasteiger partial charge in [-0.15, -0.1) is 0 Å². The molecule has 0 saturated carbocycles. The molecule has 10 aromatic rings. The lowest BCUT2D eigenvalue weighted by Gasteiger charge is -2.27. The van der Waals surface area contributed by atoms with Gasteiger partial charge in [-0.2, -0.15) is 0 Å². The van der Waals surface area contributed by atoms with Crippen molar-refractivity contribution >= 4 is 60.2 Å². The summed E-state index contributed by atoms with van der Waals surface area (Å²) in [6, 6.07) is 77.2. The molecule has 0 aromatic heterocycles. The molecule has 0 heterocycles. The minimum absolute atomic E-state index is 1.10. The van der Waals surface area contributed by atoms with Crippen LogP contribution in [0.1, 0.15) is 0 Å². The first kappa shape index (κ1) is 30.8. The summed E-state index contributed by atoms with van der Waals surface area (Å²) in [5.74, 6) is 0. The van der Waals surface area contributed by atoms with Gasteiger partial charge in [0.2, 0.25) is 0 Å². The lowest BCUT2D eigenvalue weighted by Crippen LogP contribution is -2.10. The Morgan fingerprint density at radius 1 is 0.226 bits per heavy atom. The minimum Gasteiger partial charge on any atom is -0.310 e. The molecule has 10 aromatic carbocycles. The minimum atomic E-state index is 1.10. The van der Waals surface area contributed by atoms with Gasteiger partial charge in [0.15, 0.2) is 0 Å². The Balaban J connectivity index is 1.19. The molecule has 0 aliphatic rings. The van der Waals surface area contributed by atoms with E-state index in [0.29, 0.717) is 0 Å². The van der Waals surface area contributed by atoms with Gasteiger partial charge < -0.3 is 4.90 Å². The number of fused-ring (bicyclic) bond motifs is 6. The van der Waals surface area contributed by atoms with Gasteiger partial charge >= 0.3 is 0 Å². The maximum Gasteiger partial charge on any atom is 0.0468 e. The molecule has 0 unspecified atom stereocenters. The van der Waals surface area contributed by atoms with Crippen molar-refractivity contribution in [3.8, 4) is 33.4 Å². The second kappa shape index (κ2) is 13.0. The Kier molecular flexibility index (Phi) is 7.55. The topological polar surface area (TPSA) is 3.24 Å². The monoisotopic (exact) mass is 673 g/mol. The van der Waals surface area contributed by atoms with E-state index in [0.717, 1.165) is 17.1 Å². The van der Waals surface area contributed by atoms with Gasteiger partial charge in [-0.25, -0.2) is 0 Å². The van der Waals surface area contributed by atoms with Crippen molar-refractivity contribution in [3.05, 3.63) is 212 Å². The molecular weight excluding hydrogens is 639 g/mol. The number of rotatable bonds is 6. The molecule has 248 valence electrons. The van der Waals surface area contributed by atoms with Crippen LogP contribution in [0.5, 0.6) is 0 Å². The zero-order chi connectivity index (χ0) is 35.1. The van der Waals surface area contributed by atoms with Crippen molar-refractivity contribution < 1.29 is 0 Å². The zero-order valence-corrected chi connectivity index (χ0v) is 29.2. The first-order chi connectivity index (χ1) is 26.3. The third-order valence-corrected chi connectivity index (χ3v) is 10.6. The Bertz CT molecular complexity index is 2930. The van der Waals surface area contributed by atoms with Gasteiger partial charge in [-0.3, -0.25) is 0 Å². The third-order valence-electron chi connectivity index (χ3n) is 10.6. The molecule has 1 heteroatoms. The van der Waals surface area contributed by atoms with E-state index in [1.807, 2.05) is 0 Å². The van der Waals surface area contributed by atoms with Crippen LogP contribution in [0, 0.1) is 0 Å². The molecule has 0 N–H and O–H groups in total. The molecular formula is C52H35N. The second-order valence-corrected chi connectivity index (χ2v) is 13.7. The van der Waals surface area contributed by atoms with Crippen LogP contribution in [0.15, 0.2) is 212 Å². The first-order valence-corrected chi connectivity index (χ1v) is 18.3. The van der Waals surface area contributed by atoms with Gasteiger partial charge in [-0.05, 0) is 113 Å². The van der Waals surface area contributed by atoms with Crippen LogP contribution in [0.2, 0.25) is 0 Å². The normalized spacial score (nSPS) is 11.4. The third kappa shape index (κ3) is 5.42. The molecule has 0 radical (unpaired) electrons. The highest BCUT2D eigenvalue weighted by Crippen LogP contribution is 2.46. The lowest BCUT2D eigenvalue weighted by molar-refractivity contribution is 1.29. The van der Waals surface area contributed by atoms with E-state index >= 15 is 0 Å². The standard InChI is InChI=1S/C52H35N/c1-3-14-36(15-4-1)41-19-13-20-43(34-41)53(44-33-28-38-27-26-37-16-7-8-21-45(37)50(38)35-44)42-31-29-40(30-32-42)52-49-25-12-10-23-47(49)46-22-9-11-24-48(46)51(52)39-17-5-2-6-18-39/h1-35H. The maximum absolute atomic E-state index is 2.40. The van der Waals surface area contributed by atoms with Gasteiger partial charge in [0.25, 0.3) is 0 Å². The van der Waals surface area contributed by atoms with Crippen LogP contribution in [0.3, 0.4) is 0 Å². The van der Waals surface area contributed by atoms with Gasteiger partial charge in [0.1, 0.15) is 0 Å². The van der Waals surface area contributed by atoms with Gasteiger partial charge in [-0.1, -0.05) is 176 Å². The fourth-order valence-corrected chi connectivity index (χ4v) is 8.15. The summed E-state index contributed by atoms with van der Waals surface area (Å²) in [6.45, 7) is 0. The first-order valence-electron chi connectivity index (χ1n) is 18.3. The highest BCUT2D eigenvalue weighted by atomic mass is 15.1. The van der Waals surface area contributed by atoms with E-state index in [4.69, 9.17) is 0 Å². The highest BCUT2D eigenvalue weighted by Gasteiger charge is 2.19. The Morgan fingerprint density at radius 3 is 1.34 bits per heavy atom. The summed E-state index contributed by atoms with van der Waals surface area (Å²) < 4.78 is 0. The summed E-state index contributed by atoms with van der Waals surface area (Å²) in [4.78, 5) is 2.40. The number of anilines is 3. The lowest BCUT2D eigenvalue weighted by atomic mass is 9.85. The zero-order valence-electron chi connectivity index (χ0n) is 29.2. The van der Waals surface area contributed by atoms with Crippen molar-refractivity contribution in [2.75, 3.05) is 4.90 Å². The van der Waals surface area contributed by atoms with Crippen LogP contribution in [0.25, 0.3) is 76.5 Å². The highest BCUT2D eigenvalue weighted by molar-refractivity contribution is 6.21. The Morgan fingerprint density at radius 2 is 0.679 bits per heavy atom. The predicted octanol–water partition coefficient (Wildman–Crippen LogP) is 14.8. The van der Waals surface area contributed by atoms with E-state index in [-0.39, 0.29) is 0 Å². The van der Waals surface area contributed by atoms with Crippen molar-refractivity contribution in [2.24, 2.45) is 0 Å². The van der Waals surface area contributed by atoms with Crippen molar-refractivity contribution in [1.82, 2.24) is 0 Å². The predicted molar refractivity (Wildman–Crippen MR) is 227 cm³/mol. The summed E-state index contributed by atoms with van der Waals surface area (Å²) in [5, 5.41) is 10.0. The Labute approximate surface area is 309 Å². The van der Waals surface area contributed by atoms with Crippen molar-refractivity contribution in [1.29, 1.82) is 0 Å². The van der Waals surface area contributed by atoms with E-state index in [1.165, 1.54) is 76.5 Å². The Hall–Kier alpha value is -6.96. The maximum atomic E-state index is 2.40. The van der Waals surface area contributed by atoms with E-state index in [1.54, 1.807) is 0 Å². The van der Waals surface area contributed by atoms with E-state index in [2.05, 4.69) is 217 Å². The molecule has 0 saturated heterocycles. The molecule has 0 aliphatic carbocycles. The van der Waals surface area contributed by atoms with Crippen molar-refractivity contribution in [3.63, 3.8) is 0 Å². The summed E-state index contributed by atoms with van der Waals surface area (Å²) in [7, 11) is 0. The molecule has 0 fully saturated rings. The smallest absolute Gasteiger partial charge is 0.0468 e. The van der Waals surface area contributed by atoms with E-state index in [9.17, 15) is 0 Å². The molecule has 0 atom stereocenters. The number of hydrogen-bond acceptors (Lipinski definition) is 1. The molecule has 0 aliphatic heterocycles. The number of benzene rings is 10. The van der Waals surface area contributed by atoms with E-state index < -0.39 is 0 Å². The fraction of sp³-hybridized carbons (Fsp3) is 0. The summed E-state index contributed by atoms with van der Waals surface area (Å²) in [5.41, 5.74) is 10.6. The average Bonchev–Trinajstić information content (AvgIpc) is 3.24. The van der Waals surface area contributed by atoms with Crippen LogP contribution in [0.4, 0.5) is 17.1 Å². The van der Waals surface area contributed by atoms with Crippen LogP contribution < -0.4 is 4.90 Å². The molecule has 1 nitrogen and oxygen atoms in total. The van der Waals surface area contributed by atoms with Crippen LogP contribution in [-0.2, 0) is 0 Å². The number of hydrogen-bond donors (Lipinski definition) is 0. The van der Waals surface area contributed by atoms with Crippen molar-refractivity contribution in [2.45, 2.75) is 0 Å². The summed E-state index contributed by atoms with van der Waals surface area (Å²) in [6.07, 6.45) is 0. The molecule has 0 amide bonds. The second-order valence-electron chi connectivity index (χ2n) is 13.7. The van der Waals surface area contributed by atoms with Crippen LogP contribution >= 0.6 is 0 Å². The molecule has 0 spiro atoms. The fourth-order valence-electron chi connectivity index (χ4n) is 8.15. The molecule has 0 bridgehead atoms. The summed E-state index contributed by atoms with van der Waals surface area (Å²) >= 11 is 0. The van der Waals surface area contributed by atoms with Crippen LogP contribution in [-0.4, -0.2) is 0 Å². The number of nitrogens with zero attached hydrogens (tertiary/aromatic N) is 1. The van der Waals surface area contributed by atoms with Gasteiger partial charge in [0, 0.05) is 17.1 Å². The average molecular weight is 674 g/mol. The molecule has 10 rings (SSSR count). The molecule has 53 heavy (non-hydrogen) atoms. The SMILES string of the molecule is c1ccc(-c2cccc(N(c3ccc(-c4c(-c5ccccc5)c5ccccc5c5ccccc45)cc3)c3ccc4ccc5ccccc5c4c3)c2)cc1.